The number of rotatable bonds is 4. The first kappa shape index (κ1) is 25.8. The summed E-state index contributed by atoms with van der Waals surface area (Å²) in [6.07, 6.45) is 2.75. The summed E-state index contributed by atoms with van der Waals surface area (Å²) in [6, 6.07) is 10.8. The van der Waals surface area contributed by atoms with Crippen molar-refractivity contribution in [3.05, 3.63) is 53.6 Å². The summed E-state index contributed by atoms with van der Waals surface area (Å²) in [6.45, 7) is 2.22. The van der Waals surface area contributed by atoms with Crippen LogP contribution in [-0.4, -0.2) is 60.3 Å². The monoisotopic (exact) mass is 618 g/mol. The van der Waals surface area contributed by atoms with Gasteiger partial charge in [-0.3, -0.25) is 29.0 Å². The molecule has 0 spiro atoms. The predicted molar refractivity (Wildman–Crippen MR) is 146 cm³/mol. The van der Waals surface area contributed by atoms with Crippen molar-refractivity contribution >= 4 is 73.5 Å². The molecule has 10 heteroatoms. The van der Waals surface area contributed by atoms with E-state index < -0.39 is 45.2 Å². The maximum absolute atomic E-state index is 13.8. The molecule has 4 amide bonds. The van der Waals surface area contributed by atoms with E-state index in [9.17, 15) is 24.3 Å². The summed E-state index contributed by atoms with van der Waals surface area (Å²) >= 11 is 17.7. The van der Waals surface area contributed by atoms with Crippen LogP contribution in [0.1, 0.15) is 37.7 Å². The molecule has 38 heavy (non-hydrogen) atoms. The van der Waals surface area contributed by atoms with Crippen molar-refractivity contribution in [1.82, 2.24) is 9.80 Å². The lowest BCUT2D eigenvalue weighted by Crippen LogP contribution is -2.60. The lowest BCUT2D eigenvalue weighted by atomic mass is 9.56. The zero-order valence-electron chi connectivity index (χ0n) is 20.5. The average molecular weight is 620 g/mol. The molecular formula is C28H25BrCl2N2O5. The van der Waals surface area contributed by atoms with Crippen LogP contribution in [0.3, 0.4) is 0 Å². The molecule has 0 bridgehead atoms. The van der Waals surface area contributed by atoms with Gasteiger partial charge < -0.3 is 5.11 Å². The molecule has 2 aromatic rings. The van der Waals surface area contributed by atoms with Gasteiger partial charge in [0, 0.05) is 23.4 Å². The van der Waals surface area contributed by atoms with Crippen LogP contribution in [0.2, 0.25) is 0 Å². The number of allylic oxidation sites excluding steroid dienone is 2. The van der Waals surface area contributed by atoms with Crippen molar-refractivity contribution in [2.45, 2.75) is 41.9 Å². The molecule has 2 heterocycles. The Hall–Kier alpha value is -2.42. The Balaban J connectivity index is 1.59. The van der Waals surface area contributed by atoms with Crippen LogP contribution in [0.5, 0.6) is 5.75 Å². The minimum atomic E-state index is -1.94. The Morgan fingerprint density at radius 2 is 1.74 bits per heavy atom. The Morgan fingerprint density at radius 1 is 1.00 bits per heavy atom. The number of nitrogens with zero attached hydrogens (tertiary/aromatic N) is 2. The molecule has 2 saturated heterocycles. The maximum atomic E-state index is 13.8. The first-order valence-electron chi connectivity index (χ1n) is 12.7. The molecule has 4 aliphatic rings. The molecule has 2 aliphatic heterocycles. The summed E-state index contributed by atoms with van der Waals surface area (Å²) in [5.74, 6) is -4.72. The van der Waals surface area contributed by atoms with Gasteiger partial charge in [0.25, 0.3) is 11.8 Å². The minimum absolute atomic E-state index is 0.0604. The van der Waals surface area contributed by atoms with Crippen molar-refractivity contribution in [2.75, 3.05) is 12.0 Å². The number of likely N-dealkylation sites (tertiary alicyclic amines) is 2. The van der Waals surface area contributed by atoms with Crippen LogP contribution in [0.4, 0.5) is 0 Å². The molecule has 6 rings (SSSR count). The van der Waals surface area contributed by atoms with Gasteiger partial charge >= 0.3 is 0 Å². The van der Waals surface area contributed by atoms with Crippen molar-refractivity contribution in [1.29, 1.82) is 0 Å². The average Bonchev–Trinajstić information content (AvgIpc) is 3.23. The molecule has 1 saturated carbocycles. The lowest BCUT2D eigenvalue weighted by molar-refractivity contribution is -0.141. The Kier molecular flexibility index (Phi) is 5.98. The predicted octanol–water partition coefficient (Wildman–Crippen LogP) is 4.67. The van der Waals surface area contributed by atoms with Gasteiger partial charge in [-0.05, 0) is 30.6 Å². The number of imide groups is 2. The largest absolute Gasteiger partial charge is 0.507 e. The molecule has 0 unspecified atom stereocenters. The SMILES string of the molecule is CCCN1C(=O)[C@H]2[C@H](CC=C3[C@H]2C[C@@]2(Cl)C(=O)N(CBr)C(=O)[C@@]2(Cl)[C@H]3c2ccc3ccccc3c2O)C1=O. The number of fused-ring (bicyclic) bond motifs is 5. The Labute approximate surface area is 237 Å². The van der Waals surface area contributed by atoms with Crippen molar-refractivity contribution in [3.63, 3.8) is 0 Å². The van der Waals surface area contributed by atoms with Gasteiger partial charge in [-0.1, -0.05) is 70.9 Å². The van der Waals surface area contributed by atoms with Crippen LogP contribution >= 0.6 is 39.1 Å². The highest BCUT2D eigenvalue weighted by atomic mass is 79.9. The number of hydrogen-bond donors (Lipinski definition) is 1. The summed E-state index contributed by atoms with van der Waals surface area (Å²) in [4.78, 5) is 52.8. The van der Waals surface area contributed by atoms with E-state index in [-0.39, 0.29) is 29.4 Å². The molecular weight excluding hydrogens is 595 g/mol. The van der Waals surface area contributed by atoms with Gasteiger partial charge in [-0.15, -0.1) is 23.2 Å². The second-order valence-electron chi connectivity index (χ2n) is 10.5. The molecule has 2 aromatic carbocycles. The highest BCUT2D eigenvalue weighted by Crippen LogP contribution is 2.66. The fourth-order valence-electron chi connectivity index (χ4n) is 7.11. The molecule has 6 atom stereocenters. The van der Waals surface area contributed by atoms with Crippen molar-refractivity contribution in [2.24, 2.45) is 17.8 Å². The smallest absolute Gasteiger partial charge is 0.254 e. The standard InChI is InChI=1S/C28H25BrCl2N2O5/c1-2-11-32-23(35)17-10-9-16-19(20(17)24(32)36)12-27(30)25(37)33(13-29)26(38)28(27,31)21(16)18-8-7-14-5-3-4-6-15(14)22(18)34/h3-9,17,19-21,34H,2,10-13H2,1H3/t17-,19+,20-,21+,27+,28-/m0/s1. The van der Waals surface area contributed by atoms with Crippen molar-refractivity contribution < 1.29 is 24.3 Å². The highest BCUT2D eigenvalue weighted by molar-refractivity contribution is 9.09. The van der Waals surface area contributed by atoms with Crippen LogP contribution in [0.25, 0.3) is 10.8 Å². The normalized spacial score (nSPS) is 34.5. The van der Waals surface area contributed by atoms with E-state index in [1.54, 1.807) is 18.2 Å². The second-order valence-corrected chi connectivity index (χ2v) is 12.3. The highest BCUT2D eigenvalue weighted by Gasteiger charge is 2.76. The number of benzene rings is 2. The molecule has 3 fully saturated rings. The van der Waals surface area contributed by atoms with Gasteiger partial charge in [0.05, 0.1) is 17.3 Å². The molecule has 7 nitrogen and oxygen atoms in total. The van der Waals surface area contributed by atoms with Crippen LogP contribution < -0.4 is 0 Å². The molecule has 198 valence electrons. The summed E-state index contributed by atoms with van der Waals surface area (Å²) in [7, 11) is 0. The van der Waals surface area contributed by atoms with E-state index in [0.717, 1.165) is 10.3 Å². The number of halogens is 3. The van der Waals surface area contributed by atoms with Gasteiger partial charge in [-0.25, -0.2) is 0 Å². The Morgan fingerprint density at radius 3 is 2.45 bits per heavy atom. The van der Waals surface area contributed by atoms with E-state index in [1.807, 2.05) is 31.2 Å². The fourth-order valence-corrected chi connectivity index (χ4v) is 8.53. The number of amides is 4. The van der Waals surface area contributed by atoms with Gasteiger partial charge in [-0.2, -0.15) is 0 Å². The zero-order chi connectivity index (χ0) is 27.1. The second kappa shape index (κ2) is 8.80. The number of phenols is 1. The summed E-state index contributed by atoms with van der Waals surface area (Å²) in [5, 5.41) is 12.9. The first-order chi connectivity index (χ1) is 18.1. The fraction of sp³-hybridized carbons (Fsp3) is 0.429. The number of hydrogen-bond acceptors (Lipinski definition) is 5. The number of carbonyl (C=O) groups excluding carboxylic acids is 4. The third-order valence-electron chi connectivity index (χ3n) is 8.80. The van der Waals surface area contributed by atoms with Crippen LogP contribution in [-0.2, 0) is 19.2 Å². The quantitative estimate of drug-likeness (QED) is 0.232. The topological polar surface area (TPSA) is 95.0 Å². The first-order valence-corrected chi connectivity index (χ1v) is 14.6. The van der Waals surface area contributed by atoms with Crippen molar-refractivity contribution in [3.8, 4) is 5.75 Å². The molecule has 0 aromatic heterocycles. The molecule has 1 N–H and O–H groups in total. The van der Waals surface area contributed by atoms with E-state index in [2.05, 4.69) is 15.9 Å². The van der Waals surface area contributed by atoms with E-state index in [4.69, 9.17) is 23.2 Å². The van der Waals surface area contributed by atoms with Gasteiger partial charge in [0.15, 0.2) is 9.75 Å². The Bertz CT molecular complexity index is 1460. The summed E-state index contributed by atoms with van der Waals surface area (Å²) < 4.78 is 0. The number of carbonyl (C=O) groups is 4. The van der Waals surface area contributed by atoms with Crippen LogP contribution in [0.15, 0.2) is 48.0 Å². The molecule has 0 radical (unpaired) electrons. The van der Waals surface area contributed by atoms with E-state index in [0.29, 0.717) is 35.9 Å². The van der Waals surface area contributed by atoms with Gasteiger partial charge in [0.2, 0.25) is 11.8 Å². The number of alkyl halides is 3. The minimum Gasteiger partial charge on any atom is -0.507 e. The van der Waals surface area contributed by atoms with Gasteiger partial charge in [0.1, 0.15) is 5.75 Å². The summed E-state index contributed by atoms with van der Waals surface area (Å²) in [5.41, 5.74) is 0.930. The number of aromatic hydroxyl groups is 1. The zero-order valence-corrected chi connectivity index (χ0v) is 23.6. The van der Waals surface area contributed by atoms with E-state index in [1.165, 1.54) is 4.90 Å². The molecule has 2 aliphatic carbocycles. The lowest BCUT2D eigenvalue weighted by Gasteiger charge is -2.50. The maximum Gasteiger partial charge on any atom is 0.254 e. The van der Waals surface area contributed by atoms with Crippen LogP contribution in [0, 0.1) is 17.8 Å². The number of phenolic OH excluding ortho intramolecular Hbond substituents is 1. The van der Waals surface area contributed by atoms with E-state index >= 15 is 0 Å². The third-order valence-corrected chi connectivity index (χ3v) is 10.7. The third kappa shape index (κ3) is 3.08.